The van der Waals surface area contributed by atoms with Gasteiger partial charge in [0.2, 0.25) is 5.67 Å². The molecule has 0 aliphatic heterocycles. The number of alkyl halides is 1. The Bertz CT molecular complexity index is 1080. The molecule has 1 N–H and O–H groups in total. The third-order valence-corrected chi connectivity index (χ3v) is 5.70. The summed E-state index contributed by atoms with van der Waals surface area (Å²) in [4.78, 5) is 23.1. The van der Waals surface area contributed by atoms with Gasteiger partial charge in [-0.25, -0.2) is 13.6 Å². The van der Waals surface area contributed by atoms with E-state index in [9.17, 15) is 19.2 Å². The molecule has 0 spiro atoms. The van der Waals surface area contributed by atoms with Crippen LogP contribution in [-0.4, -0.2) is 16.7 Å². The molecule has 0 heterocycles. The smallest absolute Gasteiger partial charge is 0.341 e. The molecule has 0 saturated heterocycles. The van der Waals surface area contributed by atoms with Crippen LogP contribution in [0.4, 0.5) is 8.78 Å². The summed E-state index contributed by atoms with van der Waals surface area (Å²) >= 11 is 5.87. The summed E-state index contributed by atoms with van der Waals surface area (Å²) in [7, 11) is 0. The van der Waals surface area contributed by atoms with E-state index in [-0.39, 0.29) is 18.4 Å². The topological polar surface area (TPSA) is 66.7 Å². The van der Waals surface area contributed by atoms with Crippen LogP contribution in [0.25, 0.3) is 11.1 Å². The Kier molecular flexibility index (Phi) is 7.70. The maximum Gasteiger partial charge on any atom is 0.341 e. The first-order valence-electron chi connectivity index (χ1n) is 10.2. The van der Waals surface area contributed by atoms with E-state index >= 15 is 4.39 Å². The third-order valence-electron chi connectivity index (χ3n) is 5.45. The average Bonchev–Trinajstić information content (AvgIpc) is 2.79. The Morgan fingerprint density at radius 2 is 1.69 bits per heavy atom. The minimum absolute atomic E-state index is 0.135. The largest absolute Gasteiger partial charge is 0.479 e. The van der Waals surface area contributed by atoms with Gasteiger partial charge in [0.05, 0.1) is 0 Å². The lowest BCUT2D eigenvalue weighted by Crippen LogP contribution is -2.35. The molecule has 0 radical (unpaired) electrons. The molecule has 7 heteroatoms. The van der Waals surface area contributed by atoms with E-state index in [0.29, 0.717) is 22.6 Å². The molecule has 0 amide bonds. The van der Waals surface area contributed by atoms with Gasteiger partial charge in [-0.3, -0.25) is 0 Å². The number of hydrogen-bond acceptors (Lipinski definition) is 3. The molecular formula is C25H22ClF2NO3. The quantitative estimate of drug-likeness (QED) is 0.328. The van der Waals surface area contributed by atoms with E-state index < -0.39 is 29.9 Å². The number of rotatable bonds is 10. The molecule has 0 bridgehead atoms. The van der Waals surface area contributed by atoms with Crippen LogP contribution in [0.3, 0.4) is 0 Å². The summed E-state index contributed by atoms with van der Waals surface area (Å²) in [6, 6.07) is 18.7. The standard InChI is InChI=1S/C25H22ClF2NO3/c26-20-11-8-18(9-12-20)19-10-13-21(22(27)15-19)23(29-32)16-25(28,24(30)31)14-4-7-17-5-2-1-3-6-17/h1-3,5-6,8-13,15,23H,4,7,14,16H2,(H,30,31). The molecule has 0 aromatic heterocycles. The van der Waals surface area contributed by atoms with Crippen molar-refractivity contribution in [3.8, 4) is 11.1 Å². The Balaban J connectivity index is 1.75. The summed E-state index contributed by atoms with van der Waals surface area (Å²) in [5.74, 6) is -2.43. The molecule has 4 nitrogen and oxygen atoms in total. The molecule has 0 saturated carbocycles. The van der Waals surface area contributed by atoms with Crippen molar-refractivity contribution in [1.29, 1.82) is 0 Å². The van der Waals surface area contributed by atoms with Gasteiger partial charge < -0.3 is 5.11 Å². The van der Waals surface area contributed by atoms with Gasteiger partial charge in [0, 0.05) is 17.0 Å². The van der Waals surface area contributed by atoms with Crippen molar-refractivity contribution in [2.45, 2.75) is 37.4 Å². The fourth-order valence-electron chi connectivity index (χ4n) is 3.64. The van der Waals surface area contributed by atoms with Crippen LogP contribution in [0.2, 0.25) is 5.02 Å². The maximum absolute atomic E-state index is 15.3. The summed E-state index contributed by atoms with van der Waals surface area (Å²) < 4.78 is 30.1. The fourth-order valence-corrected chi connectivity index (χ4v) is 3.77. The fraction of sp³-hybridized carbons (Fsp3) is 0.240. The van der Waals surface area contributed by atoms with E-state index in [1.165, 1.54) is 12.1 Å². The normalized spacial score (nSPS) is 13.8. The minimum atomic E-state index is -2.70. The van der Waals surface area contributed by atoms with Crippen LogP contribution < -0.4 is 0 Å². The van der Waals surface area contributed by atoms with Gasteiger partial charge in [-0.05, 0) is 54.2 Å². The van der Waals surface area contributed by atoms with Crippen molar-refractivity contribution >= 4 is 17.6 Å². The number of halogens is 3. The minimum Gasteiger partial charge on any atom is -0.479 e. The summed E-state index contributed by atoms with van der Waals surface area (Å²) in [5, 5.41) is 12.9. The van der Waals surface area contributed by atoms with Crippen LogP contribution in [0, 0.1) is 10.7 Å². The van der Waals surface area contributed by atoms with Gasteiger partial charge in [-0.1, -0.05) is 71.4 Å². The number of aliphatic carboxylic acids is 1. The second-order valence-corrected chi connectivity index (χ2v) is 8.11. The van der Waals surface area contributed by atoms with Gasteiger partial charge >= 0.3 is 5.97 Å². The maximum atomic E-state index is 15.3. The number of benzene rings is 3. The van der Waals surface area contributed by atoms with Gasteiger partial charge in [0.15, 0.2) is 0 Å². The molecule has 2 unspecified atom stereocenters. The molecular weight excluding hydrogens is 436 g/mol. The second kappa shape index (κ2) is 10.5. The van der Waals surface area contributed by atoms with E-state index in [4.69, 9.17) is 11.6 Å². The number of nitroso groups, excluding NO2 is 1. The van der Waals surface area contributed by atoms with Crippen LogP contribution in [0.5, 0.6) is 0 Å². The predicted molar refractivity (Wildman–Crippen MR) is 121 cm³/mol. The Hall–Kier alpha value is -3.12. The highest BCUT2D eigenvalue weighted by molar-refractivity contribution is 6.30. The van der Waals surface area contributed by atoms with E-state index in [0.717, 1.165) is 5.56 Å². The van der Waals surface area contributed by atoms with Crippen molar-refractivity contribution in [3.63, 3.8) is 0 Å². The molecule has 3 rings (SSSR count). The molecule has 32 heavy (non-hydrogen) atoms. The summed E-state index contributed by atoms with van der Waals surface area (Å²) in [6.45, 7) is 0. The highest BCUT2D eigenvalue weighted by atomic mass is 35.5. The summed E-state index contributed by atoms with van der Waals surface area (Å²) in [6.07, 6.45) is -0.301. The molecule has 0 fully saturated rings. The lowest BCUT2D eigenvalue weighted by molar-refractivity contribution is -0.152. The van der Waals surface area contributed by atoms with Crippen molar-refractivity contribution < 1.29 is 18.7 Å². The van der Waals surface area contributed by atoms with Gasteiger partial charge in [-0.2, -0.15) is 4.91 Å². The lowest BCUT2D eigenvalue weighted by atomic mass is 9.87. The predicted octanol–water partition coefficient (Wildman–Crippen LogP) is 7.16. The lowest BCUT2D eigenvalue weighted by Gasteiger charge is -2.23. The van der Waals surface area contributed by atoms with Crippen molar-refractivity contribution in [1.82, 2.24) is 0 Å². The van der Waals surface area contributed by atoms with Crippen LogP contribution in [0.1, 0.15) is 36.4 Å². The first-order valence-corrected chi connectivity index (χ1v) is 10.5. The number of carboxylic acids is 1. The van der Waals surface area contributed by atoms with Crippen molar-refractivity contribution in [2.75, 3.05) is 0 Å². The second-order valence-electron chi connectivity index (χ2n) is 7.68. The van der Waals surface area contributed by atoms with Crippen LogP contribution in [0.15, 0.2) is 78.0 Å². The number of hydrogen-bond donors (Lipinski definition) is 1. The monoisotopic (exact) mass is 457 g/mol. The van der Waals surface area contributed by atoms with E-state index in [2.05, 4.69) is 5.18 Å². The number of carbonyl (C=O) groups is 1. The number of aryl methyl sites for hydroxylation is 1. The Labute approximate surface area is 189 Å². The first-order chi connectivity index (χ1) is 15.3. The highest BCUT2D eigenvalue weighted by Crippen LogP contribution is 2.36. The van der Waals surface area contributed by atoms with Gasteiger partial charge in [0.1, 0.15) is 11.9 Å². The highest BCUT2D eigenvalue weighted by Gasteiger charge is 2.42. The van der Waals surface area contributed by atoms with Crippen LogP contribution in [-0.2, 0) is 11.2 Å². The van der Waals surface area contributed by atoms with Gasteiger partial charge in [0.25, 0.3) is 0 Å². The van der Waals surface area contributed by atoms with Gasteiger partial charge in [-0.15, -0.1) is 0 Å². The molecule has 0 aliphatic rings. The van der Waals surface area contributed by atoms with Crippen LogP contribution >= 0.6 is 11.6 Å². The average molecular weight is 458 g/mol. The summed E-state index contributed by atoms with van der Waals surface area (Å²) in [5.41, 5.74) is -0.630. The third kappa shape index (κ3) is 5.77. The number of nitrogens with zero attached hydrogens (tertiary/aromatic N) is 1. The van der Waals surface area contributed by atoms with E-state index in [1.54, 1.807) is 30.3 Å². The SMILES string of the molecule is O=NC(CC(F)(CCCc1ccccc1)C(=O)O)c1ccc(-c2ccc(Cl)cc2)cc1F. The molecule has 3 aromatic carbocycles. The molecule has 3 aromatic rings. The molecule has 2 atom stereocenters. The van der Waals surface area contributed by atoms with Crippen molar-refractivity contribution in [2.24, 2.45) is 5.18 Å². The Morgan fingerprint density at radius 1 is 1.03 bits per heavy atom. The zero-order valence-electron chi connectivity index (χ0n) is 17.2. The first kappa shape index (κ1) is 23.5. The number of carboxylic acid groups (broad SMARTS) is 1. The zero-order chi connectivity index (χ0) is 23.1. The van der Waals surface area contributed by atoms with E-state index in [1.807, 2.05) is 30.3 Å². The molecule has 166 valence electrons. The molecule has 0 aliphatic carbocycles. The zero-order valence-corrected chi connectivity index (χ0v) is 17.9. The van der Waals surface area contributed by atoms with Crippen molar-refractivity contribution in [3.05, 3.63) is 99.7 Å². The Morgan fingerprint density at radius 3 is 2.28 bits per heavy atom.